The average Bonchev–Trinajstić information content (AvgIpc) is 3.12. The second-order valence-corrected chi connectivity index (χ2v) is 6.23. The van der Waals surface area contributed by atoms with Gasteiger partial charge in [-0.2, -0.15) is 5.10 Å². The maximum absolute atomic E-state index is 12.6. The van der Waals surface area contributed by atoms with Crippen LogP contribution in [0.4, 0.5) is 0 Å². The molecular formula is C20H17N3O4. The van der Waals surface area contributed by atoms with Crippen LogP contribution in [-0.2, 0) is 4.74 Å². The summed E-state index contributed by atoms with van der Waals surface area (Å²) >= 11 is 0. The van der Waals surface area contributed by atoms with Gasteiger partial charge in [-0.25, -0.2) is 9.31 Å². The van der Waals surface area contributed by atoms with E-state index >= 15 is 0 Å². The van der Waals surface area contributed by atoms with E-state index in [1.54, 1.807) is 25.1 Å². The van der Waals surface area contributed by atoms with Gasteiger partial charge in [0, 0.05) is 5.56 Å². The highest BCUT2D eigenvalue weighted by molar-refractivity contribution is 5.94. The monoisotopic (exact) mass is 363 g/mol. The molecule has 4 aromatic rings. The first-order valence-electron chi connectivity index (χ1n) is 8.51. The molecule has 0 spiro atoms. The lowest BCUT2D eigenvalue weighted by Gasteiger charge is -2.08. The fourth-order valence-corrected chi connectivity index (χ4v) is 3.01. The smallest absolute Gasteiger partial charge is 0.338 e. The summed E-state index contributed by atoms with van der Waals surface area (Å²) in [6, 6.07) is 14.1. The van der Waals surface area contributed by atoms with Crippen molar-refractivity contribution in [1.82, 2.24) is 14.3 Å². The first kappa shape index (κ1) is 16.8. The lowest BCUT2D eigenvalue weighted by atomic mass is 10.1. The molecule has 0 fully saturated rings. The third-order valence-electron chi connectivity index (χ3n) is 4.41. The zero-order chi connectivity index (χ0) is 19.1. The van der Waals surface area contributed by atoms with E-state index < -0.39 is 11.5 Å². The molecule has 0 aliphatic rings. The molecule has 0 saturated carbocycles. The van der Waals surface area contributed by atoms with Gasteiger partial charge in [0.25, 0.3) is 0 Å². The molecule has 2 aromatic carbocycles. The summed E-state index contributed by atoms with van der Waals surface area (Å²) in [6.07, 6.45) is 0. The Bertz CT molecular complexity index is 1240. The summed E-state index contributed by atoms with van der Waals surface area (Å²) in [5, 5.41) is 14.8. The summed E-state index contributed by atoms with van der Waals surface area (Å²) < 4.78 is 6.99. The van der Waals surface area contributed by atoms with Crippen LogP contribution < -0.4 is 5.56 Å². The molecule has 7 nitrogen and oxygen atoms in total. The Morgan fingerprint density at radius 2 is 1.81 bits per heavy atom. The molecule has 2 aromatic heterocycles. The number of carbonyl (C=O) groups excluding carboxylic acids is 1. The molecule has 2 heterocycles. The van der Waals surface area contributed by atoms with Crippen LogP contribution in [0.3, 0.4) is 0 Å². The van der Waals surface area contributed by atoms with Gasteiger partial charge in [0.15, 0.2) is 0 Å². The standard InChI is InChI=1S/C20H17N3O4/c1-3-27-20(25)14-8-9-16-17(10-14)23(26)19(24)18-11-15(21-22(16)18)13-6-4-12(2)5-7-13/h4-11,26H,3H2,1-2H3. The summed E-state index contributed by atoms with van der Waals surface area (Å²) in [4.78, 5) is 24.5. The predicted molar refractivity (Wildman–Crippen MR) is 100 cm³/mol. The maximum atomic E-state index is 12.6. The van der Waals surface area contributed by atoms with E-state index in [-0.39, 0.29) is 23.2 Å². The molecule has 0 bridgehead atoms. The minimum atomic E-state index is -0.616. The number of aryl methyl sites for hydroxylation is 1. The lowest BCUT2D eigenvalue weighted by Crippen LogP contribution is -2.21. The fourth-order valence-electron chi connectivity index (χ4n) is 3.01. The van der Waals surface area contributed by atoms with E-state index in [4.69, 9.17) is 4.74 Å². The van der Waals surface area contributed by atoms with Crippen molar-refractivity contribution in [2.75, 3.05) is 6.61 Å². The van der Waals surface area contributed by atoms with Gasteiger partial charge >= 0.3 is 11.5 Å². The van der Waals surface area contributed by atoms with E-state index in [1.165, 1.54) is 10.6 Å². The van der Waals surface area contributed by atoms with E-state index in [9.17, 15) is 14.8 Å². The van der Waals surface area contributed by atoms with Gasteiger partial charge in [-0.1, -0.05) is 29.8 Å². The molecule has 0 radical (unpaired) electrons. The Hall–Kier alpha value is -3.61. The number of rotatable bonds is 3. The molecule has 0 unspecified atom stereocenters. The van der Waals surface area contributed by atoms with Crippen molar-refractivity contribution < 1.29 is 14.7 Å². The zero-order valence-corrected chi connectivity index (χ0v) is 14.8. The quantitative estimate of drug-likeness (QED) is 0.447. The number of hydrogen-bond acceptors (Lipinski definition) is 5. The molecule has 0 atom stereocenters. The second kappa shape index (κ2) is 6.28. The summed E-state index contributed by atoms with van der Waals surface area (Å²) in [7, 11) is 0. The van der Waals surface area contributed by atoms with E-state index in [1.807, 2.05) is 31.2 Å². The Kier molecular flexibility index (Phi) is 3.92. The van der Waals surface area contributed by atoms with Crippen molar-refractivity contribution in [3.8, 4) is 11.3 Å². The number of benzene rings is 2. The summed E-state index contributed by atoms with van der Waals surface area (Å²) in [5.41, 5.74) is 3.15. The third-order valence-corrected chi connectivity index (χ3v) is 4.41. The van der Waals surface area contributed by atoms with Crippen LogP contribution in [0.25, 0.3) is 27.8 Å². The molecule has 4 rings (SSSR count). The van der Waals surface area contributed by atoms with Crippen LogP contribution in [0, 0.1) is 6.92 Å². The minimum Gasteiger partial charge on any atom is -0.462 e. The van der Waals surface area contributed by atoms with Crippen molar-refractivity contribution in [3.63, 3.8) is 0 Å². The van der Waals surface area contributed by atoms with Gasteiger partial charge in [-0.05, 0) is 38.1 Å². The Morgan fingerprint density at radius 3 is 2.52 bits per heavy atom. The summed E-state index contributed by atoms with van der Waals surface area (Å²) in [5.74, 6) is -0.521. The molecule has 7 heteroatoms. The van der Waals surface area contributed by atoms with Gasteiger partial charge < -0.3 is 9.94 Å². The van der Waals surface area contributed by atoms with Crippen LogP contribution in [0.1, 0.15) is 22.8 Å². The normalized spacial score (nSPS) is 11.2. The Balaban J connectivity index is 1.96. The zero-order valence-electron chi connectivity index (χ0n) is 14.8. The van der Waals surface area contributed by atoms with E-state index in [0.717, 1.165) is 11.1 Å². The van der Waals surface area contributed by atoms with Crippen molar-refractivity contribution in [2.24, 2.45) is 0 Å². The van der Waals surface area contributed by atoms with Gasteiger partial charge in [-0.3, -0.25) is 4.79 Å². The minimum absolute atomic E-state index is 0.177. The Morgan fingerprint density at radius 1 is 1.07 bits per heavy atom. The van der Waals surface area contributed by atoms with Crippen LogP contribution in [0.5, 0.6) is 0 Å². The van der Waals surface area contributed by atoms with Gasteiger partial charge in [-0.15, -0.1) is 4.73 Å². The number of ether oxygens (including phenoxy) is 1. The number of fused-ring (bicyclic) bond motifs is 3. The predicted octanol–water partition coefficient (Wildman–Crippen LogP) is 3.04. The van der Waals surface area contributed by atoms with Crippen LogP contribution in [0.2, 0.25) is 0 Å². The van der Waals surface area contributed by atoms with Gasteiger partial charge in [0.05, 0.1) is 23.4 Å². The van der Waals surface area contributed by atoms with Crippen molar-refractivity contribution in [3.05, 3.63) is 70.0 Å². The highest BCUT2D eigenvalue weighted by atomic mass is 16.5. The number of esters is 1. The first-order valence-corrected chi connectivity index (χ1v) is 8.51. The highest BCUT2D eigenvalue weighted by Crippen LogP contribution is 2.22. The lowest BCUT2D eigenvalue weighted by molar-refractivity contribution is 0.0526. The molecular weight excluding hydrogens is 346 g/mol. The second-order valence-electron chi connectivity index (χ2n) is 6.23. The first-order chi connectivity index (χ1) is 13.0. The number of aromatic nitrogens is 3. The van der Waals surface area contributed by atoms with Crippen LogP contribution in [0.15, 0.2) is 53.3 Å². The molecule has 136 valence electrons. The topological polar surface area (TPSA) is 85.8 Å². The number of carbonyl (C=O) groups is 1. The van der Waals surface area contributed by atoms with Crippen molar-refractivity contribution >= 4 is 22.5 Å². The molecule has 0 aliphatic heterocycles. The molecule has 27 heavy (non-hydrogen) atoms. The molecule has 1 N–H and O–H groups in total. The fraction of sp³-hybridized carbons (Fsp3) is 0.150. The summed E-state index contributed by atoms with van der Waals surface area (Å²) in [6.45, 7) is 3.94. The number of nitrogens with zero attached hydrogens (tertiary/aromatic N) is 3. The maximum Gasteiger partial charge on any atom is 0.338 e. The SMILES string of the molecule is CCOC(=O)c1ccc2c(c1)n(O)c(=O)c1cc(-c3ccc(C)cc3)nn12. The molecule has 0 amide bonds. The van der Waals surface area contributed by atoms with Crippen LogP contribution >= 0.6 is 0 Å². The molecule has 0 saturated heterocycles. The largest absolute Gasteiger partial charge is 0.462 e. The van der Waals surface area contributed by atoms with Crippen LogP contribution in [-0.4, -0.2) is 32.1 Å². The number of hydrogen-bond donors (Lipinski definition) is 1. The third kappa shape index (κ3) is 2.73. The molecule has 0 aliphatic carbocycles. The highest BCUT2D eigenvalue weighted by Gasteiger charge is 2.16. The van der Waals surface area contributed by atoms with Gasteiger partial charge in [0.2, 0.25) is 0 Å². The van der Waals surface area contributed by atoms with Gasteiger partial charge in [0.1, 0.15) is 11.0 Å². The van der Waals surface area contributed by atoms with Crippen molar-refractivity contribution in [2.45, 2.75) is 13.8 Å². The average molecular weight is 363 g/mol. The van der Waals surface area contributed by atoms with E-state index in [0.29, 0.717) is 15.9 Å². The van der Waals surface area contributed by atoms with Crippen molar-refractivity contribution in [1.29, 1.82) is 0 Å². The van der Waals surface area contributed by atoms with E-state index in [2.05, 4.69) is 5.10 Å². The Labute approximate surface area is 154 Å².